The van der Waals surface area contributed by atoms with Crippen LogP contribution in [0.1, 0.15) is 75.7 Å². The van der Waals surface area contributed by atoms with Gasteiger partial charge in [0.25, 0.3) is 0 Å². The van der Waals surface area contributed by atoms with Crippen LogP contribution in [-0.4, -0.2) is 28.4 Å². The van der Waals surface area contributed by atoms with E-state index in [4.69, 9.17) is 4.74 Å². The van der Waals surface area contributed by atoms with Crippen molar-refractivity contribution in [3.63, 3.8) is 0 Å². The van der Waals surface area contributed by atoms with Gasteiger partial charge in [-0.05, 0) is 32.6 Å². The third-order valence-corrected chi connectivity index (χ3v) is 3.11. The second-order valence-electron chi connectivity index (χ2n) is 9.47. The maximum Gasteiger partial charge on any atom is 0.329 e. The Kier molecular flexibility index (Phi) is 6.66. The molecule has 0 saturated carbocycles. The minimum absolute atomic E-state index is 0.165. The second kappa shape index (κ2) is 7.06. The van der Waals surface area contributed by atoms with Gasteiger partial charge in [-0.2, -0.15) is 0 Å². The number of amides is 1. The summed E-state index contributed by atoms with van der Waals surface area (Å²) in [5, 5.41) is 0. The summed E-state index contributed by atoms with van der Waals surface area (Å²) in [6, 6.07) is -0.552. The Balaban J connectivity index is 0.000000841. The van der Waals surface area contributed by atoms with E-state index in [9.17, 15) is 9.59 Å². The second-order valence-corrected chi connectivity index (χ2v) is 9.47. The molecular formula is C19H35NO3. The van der Waals surface area contributed by atoms with Gasteiger partial charge in [0.1, 0.15) is 11.6 Å². The van der Waals surface area contributed by atoms with Gasteiger partial charge >= 0.3 is 5.97 Å². The van der Waals surface area contributed by atoms with Crippen molar-refractivity contribution in [3.8, 4) is 0 Å². The highest BCUT2D eigenvalue weighted by molar-refractivity contribution is 5.86. The lowest BCUT2D eigenvalue weighted by Crippen LogP contribution is -2.41. The number of rotatable bonds is 1. The molecule has 4 heteroatoms. The van der Waals surface area contributed by atoms with E-state index in [0.29, 0.717) is 17.5 Å². The van der Waals surface area contributed by atoms with Crippen molar-refractivity contribution in [1.29, 1.82) is 0 Å². The molecule has 0 bridgehead atoms. The van der Waals surface area contributed by atoms with Gasteiger partial charge in [0.05, 0.1) is 0 Å². The molecule has 0 radical (unpaired) electrons. The van der Waals surface area contributed by atoms with Crippen molar-refractivity contribution in [3.05, 3.63) is 12.3 Å². The maximum atomic E-state index is 12.2. The third-order valence-electron chi connectivity index (χ3n) is 3.11. The van der Waals surface area contributed by atoms with Gasteiger partial charge in [0.2, 0.25) is 5.91 Å². The van der Waals surface area contributed by atoms with Crippen molar-refractivity contribution in [2.75, 3.05) is 0 Å². The lowest BCUT2D eigenvalue weighted by molar-refractivity contribution is -0.162. The minimum atomic E-state index is -0.552. The molecule has 134 valence electrons. The lowest BCUT2D eigenvalue weighted by Gasteiger charge is -2.27. The van der Waals surface area contributed by atoms with E-state index in [0.717, 1.165) is 0 Å². The van der Waals surface area contributed by atoms with E-state index < -0.39 is 11.6 Å². The normalized spacial score (nSPS) is 20.7. The van der Waals surface area contributed by atoms with Crippen molar-refractivity contribution in [2.24, 2.45) is 10.8 Å². The summed E-state index contributed by atoms with van der Waals surface area (Å²) >= 11 is 0. The molecule has 1 atom stereocenters. The van der Waals surface area contributed by atoms with E-state index in [-0.39, 0.29) is 17.3 Å². The number of esters is 1. The Labute approximate surface area is 142 Å². The lowest BCUT2D eigenvalue weighted by atomic mass is 9.88. The average Bonchev–Trinajstić information content (AvgIpc) is 2.45. The molecule has 0 aliphatic carbocycles. The predicted molar refractivity (Wildman–Crippen MR) is 94.8 cm³/mol. The topological polar surface area (TPSA) is 46.6 Å². The molecule has 1 aliphatic rings. The van der Waals surface area contributed by atoms with E-state index in [1.54, 1.807) is 0 Å². The monoisotopic (exact) mass is 325 g/mol. The van der Waals surface area contributed by atoms with E-state index in [2.05, 4.69) is 34.3 Å². The summed E-state index contributed by atoms with van der Waals surface area (Å²) in [4.78, 5) is 25.3. The van der Waals surface area contributed by atoms with E-state index in [1.807, 2.05) is 34.6 Å². The minimum Gasteiger partial charge on any atom is -0.458 e. The SMILES string of the molecule is C=C1N(C(C)=O)[C@H](C(=O)OC(C)(C)C)CC1(C)C.CC(C)(C)C. The number of nitrogens with zero attached hydrogens (tertiary/aromatic N) is 1. The van der Waals surface area contributed by atoms with Gasteiger partial charge in [-0.1, -0.05) is 48.1 Å². The van der Waals surface area contributed by atoms with Crippen LogP contribution in [0.25, 0.3) is 0 Å². The van der Waals surface area contributed by atoms with Crippen molar-refractivity contribution in [1.82, 2.24) is 4.90 Å². The molecule has 1 heterocycles. The zero-order valence-corrected chi connectivity index (χ0v) is 16.7. The quantitative estimate of drug-likeness (QED) is 0.665. The van der Waals surface area contributed by atoms with Crippen LogP contribution in [0.5, 0.6) is 0 Å². The van der Waals surface area contributed by atoms with Crippen LogP contribution in [0.2, 0.25) is 0 Å². The van der Waals surface area contributed by atoms with Crippen LogP contribution in [-0.2, 0) is 14.3 Å². The summed E-state index contributed by atoms with van der Waals surface area (Å²) in [6.45, 7) is 23.6. The molecule has 0 aromatic rings. The summed E-state index contributed by atoms with van der Waals surface area (Å²) in [6.07, 6.45) is 0.556. The van der Waals surface area contributed by atoms with E-state index in [1.165, 1.54) is 11.8 Å². The van der Waals surface area contributed by atoms with Crippen LogP contribution in [0.15, 0.2) is 12.3 Å². The highest BCUT2D eigenvalue weighted by atomic mass is 16.6. The van der Waals surface area contributed by atoms with Gasteiger partial charge in [-0.15, -0.1) is 0 Å². The fourth-order valence-electron chi connectivity index (χ4n) is 2.17. The molecule has 1 rings (SSSR count). The number of hydrogen-bond donors (Lipinski definition) is 0. The van der Waals surface area contributed by atoms with Crippen molar-refractivity contribution < 1.29 is 14.3 Å². The number of carbonyl (C=O) groups is 2. The standard InChI is InChI=1S/C14H23NO3.C5H12/c1-9-14(6,7)8-11(15(9)10(2)16)12(17)18-13(3,4)5;1-5(2,3)4/h11H,1,8H2,2-7H3;1-4H3/t11-;/m0./s1. The first-order valence-corrected chi connectivity index (χ1v) is 8.18. The average molecular weight is 325 g/mol. The predicted octanol–water partition coefficient (Wildman–Crippen LogP) is 4.54. The largest absolute Gasteiger partial charge is 0.458 e. The van der Waals surface area contributed by atoms with Crippen molar-refractivity contribution >= 4 is 11.9 Å². The highest BCUT2D eigenvalue weighted by Crippen LogP contribution is 2.43. The van der Waals surface area contributed by atoms with Gasteiger partial charge in [0.15, 0.2) is 0 Å². The number of ether oxygens (including phenoxy) is 1. The summed E-state index contributed by atoms with van der Waals surface area (Å²) in [7, 11) is 0. The van der Waals surface area contributed by atoms with Crippen LogP contribution in [0, 0.1) is 10.8 Å². The summed E-state index contributed by atoms with van der Waals surface area (Å²) in [5.74, 6) is -0.522. The van der Waals surface area contributed by atoms with E-state index >= 15 is 0 Å². The van der Waals surface area contributed by atoms with Gasteiger partial charge in [0, 0.05) is 18.0 Å². The molecule has 0 aromatic heterocycles. The smallest absolute Gasteiger partial charge is 0.329 e. The van der Waals surface area contributed by atoms with Crippen molar-refractivity contribution in [2.45, 2.75) is 87.3 Å². The molecule has 1 fully saturated rings. The summed E-state index contributed by atoms with van der Waals surface area (Å²) < 4.78 is 5.37. The van der Waals surface area contributed by atoms with Crippen LogP contribution >= 0.6 is 0 Å². The number of allylic oxidation sites excluding steroid dienone is 1. The molecule has 0 spiro atoms. The van der Waals surface area contributed by atoms with Gasteiger partial charge in [-0.3, -0.25) is 4.79 Å². The van der Waals surface area contributed by atoms with Gasteiger partial charge in [-0.25, -0.2) is 4.79 Å². The molecule has 0 unspecified atom stereocenters. The molecular weight excluding hydrogens is 290 g/mol. The first-order valence-electron chi connectivity index (χ1n) is 8.18. The van der Waals surface area contributed by atoms with Crippen LogP contribution in [0.4, 0.5) is 0 Å². The Bertz CT molecular complexity index is 458. The molecule has 1 aliphatic heterocycles. The molecule has 1 saturated heterocycles. The number of likely N-dealkylation sites (tertiary alicyclic amines) is 1. The first-order chi connectivity index (χ1) is 9.96. The fourth-order valence-corrected chi connectivity index (χ4v) is 2.17. The molecule has 4 nitrogen and oxygen atoms in total. The highest BCUT2D eigenvalue weighted by Gasteiger charge is 2.47. The summed E-state index contributed by atoms with van der Waals surface area (Å²) in [5.41, 5.74) is 0.381. The molecule has 0 N–H and O–H groups in total. The van der Waals surface area contributed by atoms with Crippen LogP contribution in [0.3, 0.4) is 0 Å². The Morgan fingerprint density at radius 3 is 1.83 bits per heavy atom. The Hall–Kier alpha value is -1.32. The molecule has 1 amide bonds. The third kappa shape index (κ3) is 7.67. The van der Waals surface area contributed by atoms with Gasteiger partial charge < -0.3 is 9.64 Å². The first kappa shape index (κ1) is 21.7. The molecule has 23 heavy (non-hydrogen) atoms. The number of carbonyl (C=O) groups excluding carboxylic acids is 2. The fraction of sp³-hybridized carbons (Fsp3) is 0.789. The molecule has 0 aromatic carbocycles. The Morgan fingerprint density at radius 1 is 1.13 bits per heavy atom. The maximum absolute atomic E-state index is 12.2. The number of hydrogen-bond acceptors (Lipinski definition) is 3. The zero-order valence-electron chi connectivity index (χ0n) is 16.7. The zero-order chi connectivity index (χ0) is 18.8. The Morgan fingerprint density at radius 2 is 1.52 bits per heavy atom. The van der Waals surface area contributed by atoms with Crippen LogP contribution < -0.4 is 0 Å².